The fraction of sp³-hybridized carbons (Fsp3) is 0.0952. The zero-order valence-electron chi connectivity index (χ0n) is 15.3. The van der Waals surface area contributed by atoms with E-state index in [1.54, 1.807) is 36.7 Å². The predicted octanol–water partition coefficient (Wildman–Crippen LogP) is 4.42. The van der Waals surface area contributed by atoms with Crippen LogP contribution >= 0.6 is 11.3 Å². The van der Waals surface area contributed by atoms with Crippen LogP contribution in [0.1, 0.15) is 20.9 Å². The van der Waals surface area contributed by atoms with E-state index in [0.717, 1.165) is 6.07 Å². The van der Waals surface area contributed by atoms with E-state index in [0.29, 0.717) is 27.2 Å². The molecule has 0 unspecified atom stereocenters. The van der Waals surface area contributed by atoms with Crippen molar-refractivity contribution < 1.29 is 13.6 Å². The van der Waals surface area contributed by atoms with Gasteiger partial charge in [0.15, 0.2) is 11.6 Å². The number of carbonyl (C=O) groups is 1. The van der Waals surface area contributed by atoms with Gasteiger partial charge in [0.2, 0.25) is 5.56 Å². The fourth-order valence-corrected chi connectivity index (χ4v) is 3.91. The summed E-state index contributed by atoms with van der Waals surface area (Å²) in [4.78, 5) is 33.8. The largest absolute Gasteiger partial charge is 0.319 e. The number of thiazole rings is 1. The minimum Gasteiger partial charge on any atom is -0.319 e. The number of amides is 1. The molecule has 0 radical (unpaired) electrons. The third-order valence-electron chi connectivity index (χ3n) is 4.58. The summed E-state index contributed by atoms with van der Waals surface area (Å²) in [5, 5.41) is 0.332. The van der Waals surface area contributed by atoms with Crippen LogP contribution < -0.4 is 10.5 Å². The number of hydrogen-bond acceptors (Lipinski definition) is 4. The first-order valence-electron chi connectivity index (χ1n) is 8.72. The van der Waals surface area contributed by atoms with Crippen LogP contribution in [0.3, 0.4) is 0 Å². The SMILES string of the molecule is Cc1ncsc1C(=O)N(Cc1cc(=O)[nH]c2c(F)c(F)ccc12)c1ccccc1. The minimum atomic E-state index is -1.13. The van der Waals surface area contributed by atoms with Crippen molar-refractivity contribution in [1.29, 1.82) is 0 Å². The number of pyridine rings is 1. The molecule has 29 heavy (non-hydrogen) atoms. The van der Waals surface area contributed by atoms with Gasteiger partial charge in [-0.25, -0.2) is 13.8 Å². The van der Waals surface area contributed by atoms with Gasteiger partial charge in [-0.05, 0) is 36.8 Å². The lowest BCUT2D eigenvalue weighted by Gasteiger charge is -2.23. The van der Waals surface area contributed by atoms with Gasteiger partial charge in [-0.3, -0.25) is 9.59 Å². The predicted molar refractivity (Wildman–Crippen MR) is 108 cm³/mol. The van der Waals surface area contributed by atoms with Crippen LogP contribution in [0.15, 0.2) is 58.8 Å². The zero-order chi connectivity index (χ0) is 20.5. The van der Waals surface area contributed by atoms with Gasteiger partial charge in [0.05, 0.1) is 23.3 Å². The second kappa shape index (κ2) is 7.56. The molecular formula is C21H15F2N3O2S. The van der Waals surface area contributed by atoms with Crippen LogP contribution in [0.4, 0.5) is 14.5 Å². The van der Waals surface area contributed by atoms with Crippen LogP contribution in [0.5, 0.6) is 0 Å². The second-order valence-corrected chi connectivity index (χ2v) is 7.29. The Hall–Kier alpha value is -3.39. The maximum absolute atomic E-state index is 14.2. The molecular weight excluding hydrogens is 396 g/mol. The molecule has 0 aliphatic carbocycles. The van der Waals surface area contributed by atoms with E-state index in [-0.39, 0.29) is 18.0 Å². The lowest BCUT2D eigenvalue weighted by molar-refractivity contribution is 0.0988. The molecule has 0 bridgehead atoms. The summed E-state index contributed by atoms with van der Waals surface area (Å²) in [5.74, 6) is -2.47. The monoisotopic (exact) mass is 411 g/mol. The van der Waals surface area contributed by atoms with Crippen LogP contribution in [0.2, 0.25) is 0 Å². The van der Waals surface area contributed by atoms with Crippen molar-refractivity contribution in [2.45, 2.75) is 13.5 Å². The van der Waals surface area contributed by atoms with Crippen molar-refractivity contribution in [2.75, 3.05) is 4.90 Å². The van der Waals surface area contributed by atoms with E-state index in [9.17, 15) is 18.4 Å². The normalized spacial score (nSPS) is 11.0. The van der Waals surface area contributed by atoms with Crippen LogP contribution in [-0.4, -0.2) is 15.9 Å². The van der Waals surface area contributed by atoms with Crippen molar-refractivity contribution in [3.63, 3.8) is 0 Å². The number of nitrogens with zero attached hydrogens (tertiary/aromatic N) is 2. The van der Waals surface area contributed by atoms with Gasteiger partial charge in [0, 0.05) is 17.1 Å². The van der Waals surface area contributed by atoms with Crippen molar-refractivity contribution in [1.82, 2.24) is 9.97 Å². The number of benzene rings is 2. The topological polar surface area (TPSA) is 66.1 Å². The van der Waals surface area contributed by atoms with Crippen molar-refractivity contribution in [2.24, 2.45) is 0 Å². The van der Waals surface area contributed by atoms with Gasteiger partial charge >= 0.3 is 0 Å². The smallest absolute Gasteiger partial charge is 0.270 e. The summed E-state index contributed by atoms with van der Waals surface area (Å²) in [6.45, 7) is 1.75. The zero-order valence-corrected chi connectivity index (χ0v) is 16.1. The summed E-state index contributed by atoms with van der Waals surface area (Å²) >= 11 is 1.22. The molecule has 5 nitrogen and oxygen atoms in total. The number of halogens is 2. The van der Waals surface area contributed by atoms with Crippen molar-refractivity contribution >= 4 is 33.8 Å². The average molecular weight is 411 g/mol. The summed E-state index contributed by atoms with van der Waals surface area (Å²) in [6.07, 6.45) is 0. The maximum Gasteiger partial charge on any atom is 0.270 e. The summed E-state index contributed by atoms with van der Waals surface area (Å²) in [5.41, 5.74) is 2.41. The Bertz CT molecular complexity index is 1270. The highest BCUT2D eigenvalue weighted by Gasteiger charge is 2.23. The molecule has 8 heteroatoms. The van der Waals surface area contributed by atoms with Crippen molar-refractivity contribution in [3.8, 4) is 0 Å². The molecule has 0 saturated heterocycles. The summed E-state index contributed by atoms with van der Waals surface area (Å²) < 4.78 is 27.9. The van der Waals surface area contributed by atoms with E-state index in [1.165, 1.54) is 28.4 Å². The number of carbonyl (C=O) groups excluding carboxylic acids is 1. The van der Waals surface area contributed by atoms with Gasteiger partial charge in [-0.15, -0.1) is 11.3 Å². The number of H-pyrrole nitrogens is 1. The molecule has 0 saturated carbocycles. The molecule has 2 aromatic heterocycles. The Kier molecular flexibility index (Phi) is 4.94. The molecule has 2 aromatic carbocycles. The van der Waals surface area contributed by atoms with E-state index in [4.69, 9.17) is 0 Å². The molecule has 1 amide bonds. The third kappa shape index (κ3) is 3.54. The molecule has 0 aliphatic heterocycles. The highest BCUT2D eigenvalue weighted by Crippen LogP contribution is 2.26. The number of aryl methyl sites for hydroxylation is 1. The number of aromatic amines is 1. The van der Waals surface area contributed by atoms with Crippen molar-refractivity contribution in [3.05, 3.63) is 92.2 Å². The number of anilines is 1. The number of nitrogens with one attached hydrogen (secondary N) is 1. The first-order valence-corrected chi connectivity index (χ1v) is 9.60. The summed E-state index contributed by atoms with van der Waals surface area (Å²) in [7, 11) is 0. The van der Waals surface area contributed by atoms with E-state index >= 15 is 0 Å². The van der Waals surface area contributed by atoms with Gasteiger partial charge in [0.1, 0.15) is 4.88 Å². The quantitative estimate of drug-likeness (QED) is 0.541. The molecule has 4 rings (SSSR count). The maximum atomic E-state index is 14.2. The van der Waals surface area contributed by atoms with Gasteiger partial charge in [-0.1, -0.05) is 18.2 Å². The fourth-order valence-electron chi connectivity index (χ4n) is 3.15. The van der Waals surface area contributed by atoms with Gasteiger partial charge in [0.25, 0.3) is 5.91 Å². The average Bonchev–Trinajstić information content (AvgIpc) is 3.15. The van der Waals surface area contributed by atoms with E-state index in [1.807, 2.05) is 6.07 Å². The molecule has 0 fully saturated rings. The lowest BCUT2D eigenvalue weighted by Crippen LogP contribution is -2.31. The molecule has 146 valence electrons. The van der Waals surface area contributed by atoms with Gasteiger partial charge in [-0.2, -0.15) is 0 Å². The molecule has 0 atom stereocenters. The Balaban J connectivity index is 1.86. The lowest BCUT2D eigenvalue weighted by atomic mass is 10.1. The molecule has 2 heterocycles. The number of rotatable bonds is 4. The number of para-hydroxylation sites is 1. The molecule has 1 N–H and O–H groups in total. The Morgan fingerprint density at radius 1 is 1.17 bits per heavy atom. The van der Waals surface area contributed by atoms with E-state index in [2.05, 4.69) is 9.97 Å². The Morgan fingerprint density at radius 3 is 2.62 bits per heavy atom. The highest BCUT2D eigenvalue weighted by atomic mass is 32.1. The minimum absolute atomic E-state index is 0.00563. The number of aromatic nitrogens is 2. The summed E-state index contributed by atoms with van der Waals surface area (Å²) in [6, 6.07) is 12.6. The Labute approximate surface area is 168 Å². The van der Waals surface area contributed by atoms with Crippen LogP contribution in [0.25, 0.3) is 10.9 Å². The van der Waals surface area contributed by atoms with Gasteiger partial charge < -0.3 is 9.88 Å². The first-order chi connectivity index (χ1) is 14.0. The standard InChI is InChI=1S/C21H15F2N3O2S/c1-12-20(29-11-24-12)21(28)26(14-5-3-2-4-6-14)10-13-9-17(27)25-19-15(13)7-8-16(22)18(19)23/h2-9,11H,10H2,1H3,(H,25,27). The Morgan fingerprint density at radius 2 is 1.93 bits per heavy atom. The first kappa shape index (κ1) is 18.9. The van der Waals surface area contributed by atoms with Crippen LogP contribution in [0, 0.1) is 18.6 Å². The second-order valence-electron chi connectivity index (χ2n) is 6.44. The van der Waals surface area contributed by atoms with Crippen LogP contribution in [-0.2, 0) is 6.54 Å². The highest BCUT2D eigenvalue weighted by molar-refractivity contribution is 7.12. The number of fused-ring (bicyclic) bond motifs is 1. The van der Waals surface area contributed by atoms with E-state index < -0.39 is 17.2 Å². The molecule has 0 aliphatic rings. The molecule has 0 spiro atoms. The molecule has 4 aromatic rings. The number of hydrogen-bond donors (Lipinski definition) is 1. The third-order valence-corrected chi connectivity index (χ3v) is 5.49.